The number of halogens is 2. The molecule has 0 saturated heterocycles. The molecule has 0 radical (unpaired) electrons. The predicted octanol–water partition coefficient (Wildman–Crippen LogP) is 2.75. The van der Waals surface area contributed by atoms with Crippen LogP contribution in [0, 0.1) is 11.6 Å². The first-order chi connectivity index (χ1) is 9.63. The van der Waals surface area contributed by atoms with Crippen molar-refractivity contribution in [1.82, 2.24) is 10.2 Å². The number of anilines is 1. The fourth-order valence-corrected chi connectivity index (χ4v) is 2.05. The van der Waals surface area contributed by atoms with Crippen LogP contribution in [0.3, 0.4) is 0 Å². The van der Waals surface area contributed by atoms with Gasteiger partial charge in [-0.15, -0.1) is 0 Å². The molecule has 6 heteroatoms. The summed E-state index contributed by atoms with van der Waals surface area (Å²) in [7, 11) is 0. The second kappa shape index (κ2) is 5.03. The third-order valence-electron chi connectivity index (χ3n) is 3.28. The van der Waals surface area contributed by atoms with Crippen LogP contribution in [0.1, 0.15) is 30.0 Å². The Balaban J connectivity index is 1.66. The Labute approximate surface area is 114 Å². The van der Waals surface area contributed by atoms with E-state index in [0.29, 0.717) is 11.7 Å². The van der Waals surface area contributed by atoms with Gasteiger partial charge in [0.2, 0.25) is 5.91 Å². The lowest BCUT2D eigenvalue weighted by Crippen LogP contribution is -2.16. The molecule has 20 heavy (non-hydrogen) atoms. The summed E-state index contributed by atoms with van der Waals surface area (Å²) in [4.78, 5) is 11.8. The molecule has 2 N–H and O–H groups in total. The van der Waals surface area contributed by atoms with Crippen molar-refractivity contribution in [3.63, 3.8) is 0 Å². The van der Waals surface area contributed by atoms with Crippen molar-refractivity contribution >= 4 is 11.7 Å². The molecule has 0 atom stereocenters. The zero-order valence-electron chi connectivity index (χ0n) is 10.6. The lowest BCUT2D eigenvalue weighted by atomic mass is 10.1. The highest BCUT2D eigenvalue weighted by atomic mass is 19.1. The lowest BCUT2D eigenvalue weighted by molar-refractivity contribution is -0.115. The van der Waals surface area contributed by atoms with Gasteiger partial charge in [0, 0.05) is 23.2 Å². The van der Waals surface area contributed by atoms with E-state index < -0.39 is 17.5 Å². The number of nitrogens with zero attached hydrogens (tertiary/aromatic N) is 1. The largest absolute Gasteiger partial charge is 0.309 e. The standard InChI is InChI=1S/C14H13F2N3O/c15-10-2-1-3-11(16)9(10)6-14(20)17-13-7-12(18-19-13)8-4-5-8/h1-3,7-8H,4-6H2,(H2,17,18,19,20). The van der Waals surface area contributed by atoms with Gasteiger partial charge in [0.25, 0.3) is 0 Å². The first-order valence-corrected chi connectivity index (χ1v) is 6.41. The van der Waals surface area contributed by atoms with Crippen LogP contribution in [0.2, 0.25) is 0 Å². The highest BCUT2D eigenvalue weighted by Crippen LogP contribution is 2.39. The fraction of sp³-hybridized carbons (Fsp3) is 0.286. The van der Waals surface area contributed by atoms with Gasteiger partial charge in [0.15, 0.2) is 5.82 Å². The fourth-order valence-electron chi connectivity index (χ4n) is 2.05. The number of aromatic nitrogens is 2. The summed E-state index contributed by atoms with van der Waals surface area (Å²) in [6.07, 6.45) is 1.89. The number of hydrogen-bond acceptors (Lipinski definition) is 2. The quantitative estimate of drug-likeness (QED) is 0.902. The molecule has 104 valence electrons. The summed E-state index contributed by atoms with van der Waals surface area (Å²) in [6.45, 7) is 0. The zero-order valence-corrected chi connectivity index (χ0v) is 10.6. The third kappa shape index (κ3) is 2.68. The normalized spacial score (nSPS) is 14.3. The van der Waals surface area contributed by atoms with Gasteiger partial charge in [-0.1, -0.05) is 6.07 Å². The van der Waals surface area contributed by atoms with Crippen LogP contribution in [0.25, 0.3) is 0 Å². The van der Waals surface area contributed by atoms with Crippen LogP contribution in [0.4, 0.5) is 14.6 Å². The number of rotatable bonds is 4. The average Bonchev–Trinajstić information content (AvgIpc) is 3.15. The van der Waals surface area contributed by atoms with E-state index in [1.165, 1.54) is 6.07 Å². The predicted molar refractivity (Wildman–Crippen MR) is 69.3 cm³/mol. The van der Waals surface area contributed by atoms with Crippen LogP contribution < -0.4 is 5.32 Å². The molecule has 1 fully saturated rings. The van der Waals surface area contributed by atoms with Crippen molar-refractivity contribution in [2.24, 2.45) is 0 Å². The molecule has 2 aromatic rings. The number of carbonyl (C=O) groups is 1. The second-order valence-corrected chi connectivity index (χ2v) is 4.91. The highest BCUT2D eigenvalue weighted by molar-refractivity contribution is 5.91. The van der Waals surface area contributed by atoms with Crippen molar-refractivity contribution in [2.45, 2.75) is 25.2 Å². The summed E-state index contributed by atoms with van der Waals surface area (Å²) < 4.78 is 26.9. The van der Waals surface area contributed by atoms with Gasteiger partial charge in [-0.3, -0.25) is 9.89 Å². The van der Waals surface area contributed by atoms with Gasteiger partial charge in [-0.2, -0.15) is 5.10 Å². The Bertz CT molecular complexity index is 629. The van der Waals surface area contributed by atoms with Gasteiger partial charge >= 0.3 is 0 Å². The van der Waals surface area contributed by atoms with E-state index in [4.69, 9.17) is 0 Å². The van der Waals surface area contributed by atoms with Crippen molar-refractivity contribution in [3.05, 3.63) is 47.2 Å². The Morgan fingerprint density at radius 1 is 1.35 bits per heavy atom. The first-order valence-electron chi connectivity index (χ1n) is 6.41. The van der Waals surface area contributed by atoms with Crippen LogP contribution >= 0.6 is 0 Å². The lowest BCUT2D eigenvalue weighted by Gasteiger charge is -2.04. The number of H-pyrrole nitrogens is 1. The van der Waals surface area contributed by atoms with Crippen LogP contribution in [-0.2, 0) is 11.2 Å². The van der Waals surface area contributed by atoms with Crippen molar-refractivity contribution in [3.8, 4) is 0 Å². The third-order valence-corrected chi connectivity index (χ3v) is 3.28. The molecule has 0 spiro atoms. The van der Waals surface area contributed by atoms with Gasteiger partial charge in [-0.25, -0.2) is 8.78 Å². The maximum atomic E-state index is 13.4. The van der Waals surface area contributed by atoms with Crippen molar-refractivity contribution in [1.29, 1.82) is 0 Å². The minimum Gasteiger partial charge on any atom is -0.309 e. The number of benzene rings is 1. The minimum atomic E-state index is -0.721. The van der Waals surface area contributed by atoms with Crippen molar-refractivity contribution < 1.29 is 13.6 Å². The van der Waals surface area contributed by atoms with Gasteiger partial charge < -0.3 is 5.32 Å². The topological polar surface area (TPSA) is 57.8 Å². The van der Waals surface area contributed by atoms with E-state index in [2.05, 4.69) is 15.5 Å². The minimum absolute atomic E-state index is 0.233. The van der Waals surface area contributed by atoms with E-state index >= 15 is 0 Å². The summed E-state index contributed by atoms with van der Waals surface area (Å²) in [6, 6.07) is 5.28. The summed E-state index contributed by atoms with van der Waals surface area (Å²) in [5.41, 5.74) is 0.750. The highest BCUT2D eigenvalue weighted by Gasteiger charge is 2.25. The first kappa shape index (κ1) is 12.8. The van der Waals surface area contributed by atoms with Crippen molar-refractivity contribution in [2.75, 3.05) is 5.32 Å². The number of carbonyl (C=O) groups excluding carboxylic acids is 1. The van der Waals surface area contributed by atoms with E-state index in [1.54, 1.807) is 6.07 Å². The summed E-state index contributed by atoms with van der Waals surface area (Å²) in [5, 5.41) is 9.34. The van der Waals surface area contributed by atoms with E-state index in [-0.39, 0.29) is 12.0 Å². The van der Waals surface area contributed by atoms with Gasteiger partial charge in [0.1, 0.15) is 11.6 Å². The molecule has 1 amide bonds. The smallest absolute Gasteiger partial charge is 0.230 e. The molecule has 0 bridgehead atoms. The zero-order chi connectivity index (χ0) is 14.1. The van der Waals surface area contributed by atoms with E-state index in [9.17, 15) is 13.6 Å². The second-order valence-electron chi connectivity index (χ2n) is 4.91. The Hall–Kier alpha value is -2.24. The maximum absolute atomic E-state index is 13.4. The number of nitrogens with one attached hydrogen (secondary N) is 2. The SMILES string of the molecule is O=C(Cc1c(F)cccc1F)Nc1cc(C2CC2)[nH]n1. The molecular weight excluding hydrogens is 264 g/mol. The molecule has 0 unspecified atom stereocenters. The number of aromatic amines is 1. The number of hydrogen-bond donors (Lipinski definition) is 2. The summed E-state index contributed by atoms with van der Waals surface area (Å²) >= 11 is 0. The molecule has 1 saturated carbocycles. The Morgan fingerprint density at radius 3 is 2.70 bits per heavy atom. The monoisotopic (exact) mass is 277 g/mol. The van der Waals surface area contributed by atoms with Gasteiger partial charge in [0.05, 0.1) is 6.42 Å². The Morgan fingerprint density at radius 2 is 2.05 bits per heavy atom. The molecule has 1 heterocycles. The Kier molecular flexibility index (Phi) is 3.22. The van der Waals surface area contributed by atoms with Gasteiger partial charge in [-0.05, 0) is 25.0 Å². The molecule has 1 aromatic carbocycles. The van der Waals surface area contributed by atoms with E-state index in [0.717, 1.165) is 30.7 Å². The molecule has 0 aliphatic heterocycles. The van der Waals surface area contributed by atoms with Crippen LogP contribution in [0.15, 0.2) is 24.3 Å². The molecule has 1 aliphatic rings. The van der Waals surface area contributed by atoms with Crippen LogP contribution in [-0.4, -0.2) is 16.1 Å². The summed E-state index contributed by atoms with van der Waals surface area (Å²) in [5.74, 6) is -1.06. The maximum Gasteiger partial charge on any atom is 0.230 e. The molecular formula is C14H13F2N3O. The molecule has 1 aliphatic carbocycles. The number of amides is 1. The van der Waals surface area contributed by atoms with E-state index in [1.807, 2.05) is 0 Å². The molecule has 3 rings (SSSR count). The molecule has 4 nitrogen and oxygen atoms in total. The van der Waals surface area contributed by atoms with Crippen LogP contribution in [0.5, 0.6) is 0 Å². The average molecular weight is 277 g/mol. The molecule has 1 aromatic heterocycles.